The van der Waals surface area contributed by atoms with Gasteiger partial charge in [0.15, 0.2) is 0 Å². The molecule has 38 heavy (non-hydrogen) atoms. The summed E-state index contributed by atoms with van der Waals surface area (Å²) in [6, 6.07) is 17.4. The molecule has 0 bridgehead atoms. The van der Waals surface area contributed by atoms with Crippen molar-refractivity contribution >= 4 is 56.6 Å². The van der Waals surface area contributed by atoms with E-state index >= 15 is 0 Å². The summed E-state index contributed by atoms with van der Waals surface area (Å²) in [6.45, 7) is 9.76. The normalized spacial score (nSPS) is 13.6. The fourth-order valence-corrected chi connectivity index (χ4v) is 5.97. The fraction of sp³-hybridized carbons (Fsp3) is 0.379. The van der Waals surface area contributed by atoms with E-state index in [1.165, 1.54) is 16.9 Å². The van der Waals surface area contributed by atoms with E-state index in [1.54, 1.807) is 0 Å². The molecule has 2 aromatic carbocycles. The van der Waals surface area contributed by atoms with Gasteiger partial charge >= 0.3 is 6.03 Å². The second-order valence-corrected chi connectivity index (χ2v) is 12.8. The molecular formula is C29H35IN4O3S. The molecule has 9 heteroatoms. The Morgan fingerprint density at radius 1 is 1.05 bits per heavy atom. The lowest BCUT2D eigenvalue weighted by Gasteiger charge is -2.27. The number of hydrogen-bond acceptors (Lipinski definition) is 5. The number of rotatable bonds is 9. The minimum Gasteiger partial charge on any atom is -0.377 e. The van der Waals surface area contributed by atoms with Crippen molar-refractivity contribution in [1.82, 2.24) is 10.2 Å². The lowest BCUT2D eigenvalue weighted by Crippen LogP contribution is -2.41. The second-order valence-electron chi connectivity index (χ2n) is 10.4. The number of nitrogens with one attached hydrogen (secondary N) is 3. The maximum atomic E-state index is 13.3. The number of anilines is 2. The molecule has 1 aliphatic heterocycles. The molecular weight excluding hydrogens is 611 g/mol. The molecule has 0 unspecified atom stereocenters. The van der Waals surface area contributed by atoms with Crippen LogP contribution in [-0.2, 0) is 24.3 Å². The van der Waals surface area contributed by atoms with Crippen LogP contribution in [0.3, 0.4) is 0 Å². The quantitative estimate of drug-likeness (QED) is 0.184. The van der Waals surface area contributed by atoms with Crippen LogP contribution >= 0.6 is 33.9 Å². The molecule has 3 N–H and O–H groups in total. The highest BCUT2D eigenvalue weighted by atomic mass is 127. The lowest BCUT2D eigenvalue weighted by molar-refractivity contribution is 0.0918. The van der Waals surface area contributed by atoms with E-state index in [4.69, 9.17) is 4.74 Å². The molecule has 0 atom stereocenters. The summed E-state index contributed by atoms with van der Waals surface area (Å²) < 4.78 is 6.94. The van der Waals surface area contributed by atoms with E-state index in [9.17, 15) is 9.59 Å². The number of benzene rings is 2. The number of halogens is 1. The van der Waals surface area contributed by atoms with Crippen molar-refractivity contribution < 1.29 is 14.3 Å². The van der Waals surface area contributed by atoms with Crippen molar-refractivity contribution in [2.75, 3.05) is 30.3 Å². The summed E-state index contributed by atoms with van der Waals surface area (Å²) in [5, 5.41) is 9.50. The third-order valence-corrected chi connectivity index (χ3v) is 7.91. The second kappa shape index (κ2) is 13.1. The Morgan fingerprint density at radius 3 is 2.50 bits per heavy atom. The first-order valence-corrected chi connectivity index (χ1v) is 14.7. The summed E-state index contributed by atoms with van der Waals surface area (Å²) >= 11 is 3.72. The molecule has 0 radical (unpaired) electrons. The zero-order valence-corrected chi connectivity index (χ0v) is 25.1. The minimum absolute atomic E-state index is 0.151. The molecule has 202 valence electrons. The van der Waals surface area contributed by atoms with Gasteiger partial charge in [-0.05, 0) is 91.6 Å². The van der Waals surface area contributed by atoms with Crippen LogP contribution in [0.5, 0.6) is 0 Å². The van der Waals surface area contributed by atoms with Gasteiger partial charge in [-0.15, -0.1) is 11.3 Å². The van der Waals surface area contributed by atoms with Gasteiger partial charge in [0, 0.05) is 45.9 Å². The van der Waals surface area contributed by atoms with Crippen molar-refractivity contribution in [3.63, 3.8) is 0 Å². The summed E-state index contributed by atoms with van der Waals surface area (Å²) in [5.41, 5.74) is 3.13. The number of ether oxygens (including phenoxy) is 1. The smallest absolute Gasteiger partial charge is 0.324 e. The van der Waals surface area contributed by atoms with Crippen LogP contribution < -0.4 is 16.0 Å². The predicted molar refractivity (Wildman–Crippen MR) is 163 cm³/mol. The highest BCUT2D eigenvalue weighted by Crippen LogP contribution is 2.37. The number of thiophene rings is 1. The predicted octanol–water partition coefficient (Wildman–Crippen LogP) is 6.49. The van der Waals surface area contributed by atoms with Gasteiger partial charge in [0.1, 0.15) is 5.00 Å². The summed E-state index contributed by atoms with van der Waals surface area (Å²) in [4.78, 5) is 29.7. The Morgan fingerprint density at radius 2 is 1.79 bits per heavy atom. The molecule has 0 fully saturated rings. The molecule has 1 aromatic heterocycles. The van der Waals surface area contributed by atoms with Crippen molar-refractivity contribution in [2.45, 2.75) is 52.3 Å². The molecule has 0 saturated heterocycles. The van der Waals surface area contributed by atoms with Gasteiger partial charge in [0.05, 0.1) is 12.2 Å². The van der Waals surface area contributed by atoms with E-state index in [1.807, 2.05) is 63.2 Å². The van der Waals surface area contributed by atoms with Gasteiger partial charge in [-0.2, -0.15) is 0 Å². The number of hydrogen-bond donors (Lipinski definition) is 3. The Kier molecular flexibility index (Phi) is 9.80. The molecule has 0 spiro atoms. The average Bonchev–Trinajstić information content (AvgIpc) is 3.22. The van der Waals surface area contributed by atoms with Crippen LogP contribution in [-0.4, -0.2) is 42.1 Å². The van der Waals surface area contributed by atoms with Gasteiger partial charge in [-0.1, -0.05) is 30.3 Å². The molecule has 3 aromatic rings. The van der Waals surface area contributed by atoms with Crippen LogP contribution in [0.4, 0.5) is 15.5 Å². The van der Waals surface area contributed by atoms with Gasteiger partial charge in [0.25, 0.3) is 5.91 Å². The summed E-state index contributed by atoms with van der Waals surface area (Å²) in [7, 11) is 0. The van der Waals surface area contributed by atoms with Gasteiger partial charge in [-0.3, -0.25) is 15.0 Å². The Labute approximate surface area is 242 Å². The molecule has 7 nitrogen and oxygen atoms in total. The maximum Gasteiger partial charge on any atom is 0.324 e. The van der Waals surface area contributed by atoms with E-state index < -0.39 is 0 Å². The Bertz CT molecular complexity index is 1240. The zero-order valence-electron chi connectivity index (χ0n) is 22.1. The number of nitrogens with zero attached hydrogens (tertiary/aromatic N) is 1. The highest BCUT2D eigenvalue weighted by Gasteiger charge is 2.30. The topological polar surface area (TPSA) is 82.7 Å². The average molecular weight is 647 g/mol. The van der Waals surface area contributed by atoms with Crippen molar-refractivity contribution in [3.8, 4) is 0 Å². The molecule has 2 heterocycles. The molecule has 3 amide bonds. The molecule has 0 aliphatic carbocycles. The van der Waals surface area contributed by atoms with Gasteiger partial charge in [0.2, 0.25) is 0 Å². The molecule has 0 saturated carbocycles. The number of carbonyl (C=O) groups excluding carboxylic acids is 2. The highest BCUT2D eigenvalue weighted by molar-refractivity contribution is 14.1. The maximum absolute atomic E-state index is 13.3. The third kappa shape index (κ3) is 8.26. The zero-order chi connectivity index (χ0) is 27.1. The van der Waals surface area contributed by atoms with E-state index in [-0.39, 0.29) is 17.5 Å². The van der Waals surface area contributed by atoms with E-state index in [0.29, 0.717) is 29.5 Å². The number of carbonyl (C=O) groups is 2. The first-order chi connectivity index (χ1) is 18.2. The van der Waals surface area contributed by atoms with Crippen LogP contribution in [0.2, 0.25) is 0 Å². The Hall–Kier alpha value is -2.47. The van der Waals surface area contributed by atoms with Gasteiger partial charge in [-0.25, -0.2) is 4.79 Å². The standard InChI is InChI=1S/C29H35IN4O3S/c1-29(2,3)33-26(35)25-23-14-16-34(15-7-17-37-19-20-8-5-4-6-9-20)18-24(23)38-27(25)32-28(36)31-22-12-10-21(30)11-13-22/h4-6,8-13H,7,14-19H2,1-3H3,(H,33,35)(H2,31,32,36). The van der Waals surface area contributed by atoms with Gasteiger partial charge < -0.3 is 15.4 Å². The number of urea groups is 1. The van der Waals surface area contributed by atoms with Crippen LogP contribution in [0.1, 0.15) is 53.6 Å². The molecule has 4 rings (SSSR count). The van der Waals surface area contributed by atoms with Crippen molar-refractivity contribution in [2.24, 2.45) is 0 Å². The Balaban J connectivity index is 1.40. The first kappa shape index (κ1) is 28.5. The number of amides is 3. The van der Waals surface area contributed by atoms with Crippen LogP contribution in [0.25, 0.3) is 0 Å². The monoisotopic (exact) mass is 646 g/mol. The van der Waals surface area contributed by atoms with Crippen molar-refractivity contribution in [1.29, 1.82) is 0 Å². The third-order valence-electron chi connectivity index (χ3n) is 6.06. The van der Waals surface area contributed by atoms with Crippen LogP contribution in [0.15, 0.2) is 54.6 Å². The summed E-state index contributed by atoms with van der Waals surface area (Å²) in [6.07, 6.45) is 1.71. The van der Waals surface area contributed by atoms with E-state index in [0.717, 1.165) is 46.5 Å². The minimum atomic E-state index is -0.382. The summed E-state index contributed by atoms with van der Waals surface area (Å²) in [5.74, 6) is -0.151. The number of fused-ring (bicyclic) bond motifs is 1. The van der Waals surface area contributed by atoms with Crippen LogP contribution in [0, 0.1) is 3.57 Å². The first-order valence-electron chi connectivity index (χ1n) is 12.8. The van der Waals surface area contributed by atoms with E-state index in [2.05, 4.69) is 55.6 Å². The largest absolute Gasteiger partial charge is 0.377 e. The molecule has 1 aliphatic rings. The fourth-order valence-electron chi connectivity index (χ4n) is 4.33. The van der Waals surface area contributed by atoms with Crippen molar-refractivity contribution in [3.05, 3.63) is 79.7 Å². The lowest BCUT2D eigenvalue weighted by atomic mass is 10.0. The SMILES string of the molecule is CC(C)(C)NC(=O)c1c(NC(=O)Nc2ccc(I)cc2)sc2c1CCN(CCCOCc1ccccc1)C2.